The van der Waals surface area contributed by atoms with Crippen LogP contribution in [0, 0.1) is 0 Å². The van der Waals surface area contributed by atoms with E-state index in [1.165, 1.54) is 0 Å². The summed E-state index contributed by atoms with van der Waals surface area (Å²) in [5.41, 5.74) is 1.66. The van der Waals surface area contributed by atoms with Gasteiger partial charge in [-0.1, -0.05) is 41.9 Å². The number of amides is 2. The summed E-state index contributed by atoms with van der Waals surface area (Å²) in [6, 6.07) is 14.1. The predicted octanol–water partition coefficient (Wildman–Crippen LogP) is 3.83. The molecule has 5 nitrogen and oxygen atoms in total. The Balaban J connectivity index is 2.24. The van der Waals surface area contributed by atoms with Crippen molar-refractivity contribution in [3.05, 3.63) is 64.7 Å². The van der Waals surface area contributed by atoms with Gasteiger partial charge in [0.05, 0.1) is 13.5 Å². The lowest BCUT2D eigenvalue weighted by molar-refractivity contribution is -0.140. The number of nitrogens with one attached hydrogen (secondary N) is 1. The molecular formula is C22H27ClN2O3. The molecule has 2 aromatic rings. The number of nitrogens with zero attached hydrogens (tertiary/aromatic N) is 1. The third-order valence-electron chi connectivity index (χ3n) is 4.41. The third kappa shape index (κ3) is 5.99. The highest BCUT2D eigenvalue weighted by molar-refractivity contribution is 6.31. The van der Waals surface area contributed by atoms with Crippen LogP contribution < -0.4 is 10.1 Å². The first-order valence-corrected chi connectivity index (χ1v) is 9.65. The average molecular weight is 403 g/mol. The normalized spacial score (nSPS) is 11.8. The molecule has 0 aromatic heterocycles. The van der Waals surface area contributed by atoms with Gasteiger partial charge in [0.15, 0.2) is 0 Å². The van der Waals surface area contributed by atoms with Crippen molar-refractivity contribution < 1.29 is 14.3 Å². The van der Waals surface area contributed by atoms with Gasteiger partial charge in [-0.25, -0.2) is 0 Å². The zero-order valence-electron chi connectivity index (χ0n) is 16.7. The average Bonchev–Trinajstić information content (AvgIpc) is 2.67. The molecule has 1 N–H and O–H groups in total. The van der Waals surface area contributed by atoms with Gasteiger partial charge in [0.25, 0.3) is 0 Å². The van der Waals surface area contributed by atoms with Gasteiger partial charge in [0, 0.05) is 17.6 Å². The molecule has 0 bridgehead atoms. The van der Waals surface area contributed by atoms with E-state index in [9.17, 15) is 9.59 Å². The largest absolute Gasteiger partial charge is 0.497 e. The number of ether oxygens (including phenoxy) is 1. The zero-order chi connectivity index (χ0) is 20.7. The lowest BCUT2D eigenvalue weighted by Crippen LogP contribution is -2.49. The second-order valence-corrected chi connectivity index (χ2v) is 7.38. The van der Waals surface area contributed by atoms with Crippen LogP contribution in [0.3, 0.4) is 0 Å². The molecular weight excluding hydrogens is 376 g/mol. The first-order valence-electron chi connectivity index (χ1n) is 9.28. The topological polar surface area (TPSA) is 58.6 Å². The van der Waals surface area contributed by atoms with E-state index in [1.807, 2.05) is 56.3 Å². The third-order valence-corrected chi connectivity index (χ3v) is 4.78. The summed E-state index contributed by atoms with van der Waals surface area (Å²) in [5.74, 6) is 0.398. The van der Waals surface area contributed by atoms with Crippen LogP contribution in [-0.4, -0.2) is 35.9 Å². The van der Waals surface area contributed by atoms with Crippen LogP contribution in [0.4, 0.5) is 0 Å². The summed E-state index contributed by atoms with van der Waals surface area (Å²) in [6.45, 7) is 5.85. The summed E-state index contributed by atoms with van der Waals surface area (Å²) in [7, 11) is 1.60. The van der Waals surface area contributed by atoms with Crippen LogP contribution in [0.5, 0.6) is 5.75 Å². The first kappa shape index (κ1) is 21.8. The molecule has 2 amide bonds. The fourth-order valence-electron chi connectivity index (χ4n) is 2.82. The smallest absolute Gasteiger partial charge is 0.242 e. The second kappa shape index (κ2) is 10.1. The van der Waals surface area contributed by atoms with Gasteiger partial charge >= 0.3 is 0 Å². The van der Waals surface area contributed by atoms with Crippen molar-refractivity contribution in [3.63, 3.8) is 0 Å². The molecule has 0 spiro atoms. The van der Waals surface area contributed by atoms with Crippen LogP contribution in [-0.2, 0) is 22.6 Å². The van der Waals surface area contributed by atoms with Gasteiger partial charge in [-0.05, 0) is 50.1 Å². The number of rotatable bonds is 8. The second-order valence-electron chi connectivity index (χ2n) is 6.98. The zero-order valence-corrected chi connectivity index (χ0v) is 17.5. The Morgan fingerprint density at radius 2 is 1.71 bits per heavy atom. The molecule has 2 aromatic carbocycles. The van der Waals surface area contributed by atoms with Gasteiger partial charge in [0.2, 0.25) is 11.8 Å². The highest BCUT2D eigenvalue weighted by Gasteiger charge is 2.27. The van der Waals surface area contributed by atoms with E-state index in [0.717, 1.165) is 16.9 Å². The number of benzene rings is 2. The van der Waals surface area contributed by atoms with E-state index in [1.54, 1.807) is 25.0 Å². The molecule has 0 saturated carbocycles. The molecule has 0 aliphatic heterocycles. The molecule has 0 unspecified atom stereocenters. The molecule has 0 fully saturated rings. The van der Waals surface area contributed by atoms with E-state index in [-0.39, 0.29) is 24.3 Å². The monoisotopic (exact) mass is 402 g/mol. The van der Waals surface area contributed by atoms with Gasteiger partial charge in [-0.2, -0.15) is 0 Å². The van der Waals surface area contributed by atoms with Crippen LogP contribution in [0.25, 0.3) is 0 Å². The Morgan fingerprint density at radius 3 is 2.29 bits per heavy atom. The highest BCUT2D eigenvalue weighted by atomic mass is 35.5. The summed E-state index contributed by atoms with van der Waals surface area (Å²) >= 11 is 6.21. The van der Waals surface area contributed by atoms with E-state index in [0.29, 0.717) is 11.6 Å². The Hall–Kier alpha value is -2.53. The number of methoxy groups -OCH3 is 1. The number of halogens is 1. The lowest BCUT2D eigenvalue weighted by atomic mass is 10.1. The van der Waals surface area contributed by atoms with Gasteiger partial charge in [-0.3, -0.25) is 9.59 Å². The first-order chi connectivity index (χ1) is 13.3. The molecule has 0 aliphatic rings. The minimum absolute atomic E-state index is 0.00328. The maximum absolute atomic E-state index is 13.1. The minimum atomic E-state index is -0.612. The Morgan fingerprint density at radius 1 is 1.07 bits per heavy atom. The molecule has 28 heavy (non-hydrogen) atoms. The fraction of sp³-hybridized carbons (Fsp3) is 0.364. The fourth-order valence-corrected chi connectivity index (χ4v) is 3.02. The quantitative estimate of drug-likeness (QED) is 0.729. The summed E-state index contributed by atoms with van der Waals surface area (Å²) in [5, 5.41) is 3.42. The van der Waals surface area contributed by atoms with Gasteiger partial charge in [-0.15, -0.1) is 0 Å². The molecule has 6 heteroatoms. The number of hydrogen-bond donors (Lipinski definition) is 1. The Bertz CT molecular complexity index is 806. The van der Waals surface area contributed by atoms with E-state index in [4.69, 9.17) is 16.3 Å². The molecule has 0 radical (unpaired) electrons. The number of carbonyl (C=O) groups excluding carboxylic acids is 2. The molecule has 0 saturated heterocycles. The van der Waals surface area contributed by atoms with Crippen molar-refractivity contribution in [1.29, 1.82) is 0 Å². The molecule has 1 atom stereocenters. The van der Waals surface area contributed by atoms with Gasteiger partial charge < -0.3 is 15.0 Å². The maximum Gasteiger partial charge on any atom is 0.242 e. The number of hydrogen-bond acceptors (Lipinski definition) is 3. The predicted molar refractivity (Wildman–Crippen MR) is 111 cm³/mol. The van der Waals surface area contributed by atoms with Crippen LogP contribution in [0.15, 0.2) is 48.5 Å². The lowest BCUT2D eigenvalue weighted by Gasteiger charge is -2.29. The summed E-state index contributed by atoms with van der Waals surface area (Å²) in [4.78, 5) is 27.2. The SMILES string of the molecule is COc1ccc(CN(C(=O)Cc2ccccc2Cl)[C@H](C)C(=O)NC(C)C)cc1. The summed E-state index contributed by atoms with van der Waals surface area (Å²) < 4.78 is 5.18. The van der Waals surface area contributed by atoms with Crippen molar-refractivity contribution in [3.8, 4) is 5.75 Å². The van der Waals surface area contributed by atoms with Crippen LogP contribution >= 0.6 is 11.6 Å². The van der Waals surface area contributed by atoms with Gasteiger partial charge in [0.1, 0.15) is 11.8 Å². The molecule has 2 rings (SSSR count). The van der Waals surface area contributed by atoms with Crippen molar-refractivity contribution in [2.24, 2.45) is 0 Å². The maximum atomic E-state index is 13.1. The highest BCUT2D eigenvalue weighted by Crippen LogP contribution is 2.19. The van der Waals surface area contributed by atoms with E-state index in [2.05, 4.69) is 5.32 Å². The Kier molecular flexibility index (Phi) is 7.88. The minimum Gasteiger partial charge on any atom is -0.497 e. The van der Waals surface area contributed by atoms with Crippen molar-refractivity contribution in [1.82, 2.24) is 10.2 Å². The number of carbonyl (C=O) groups is 2. The Labute approximate surface area is 171 Å². The van der Waals surface area contributed by atoms with E-state index >= 15 is 0 Å². The standard InChI is InChI=1S/C22H27ClN2O3/c1-15(2)24-22(27)16(3)25(14-17-9-11-19(28-4)12-10-17)21(26)13-18-7-5-6-8-20(18)23/h5-12,15-16H,13-14H2,1-4H3,(H,24,27)/t16-/m1/s1. The van der Waals surface area contributed by atoms with Crippen molar-refractivity contribution in [2.75, 3.05) is 7.11 Å². The van der Waals surface area contributed by atoms with Crippen molar-refractivity contribution in [2.45, 2.75) is 45.8 Å². The van der Waals surface area contributed by atoms with E-state index < -0.39 is 6.04 Å². The van der Waals surface area contributed by atoms with Crippen LogP contribution in [0.2, 0.25) is 5.02 Å². The summed E-state index contributed by atoms with van der Waals surface area (Å²) in [6.07, 6.45) is 0.134. The van der Waals surface area contributed by atoms with Crippen molar-refractivity contribution >= 4 is 23.4 Å². The molecule has 0 heterocycles. The molecule has 150 valence electrons. The van der Waals surface area contributed by atoms with Crippen LogP contribution in [0.1, 0.15) is 31.9 Å². The molecule has 0 aliphatic carbocycles.